The maximum atomic E-state index is 10.8. The lowest BCUT2D eigenvalue weighted by Crippen LogP contribution is -2.44. The van der Waals surface area contributed by atoms with Gasteiger partial charge >= 0.3 is 0 Å². The van der Waals surface area contributed by atoms with Gasteiger partial charge in [-0.25, -0.2) is 0 Å². The second-order valence-electron chi connectivity index (χ2n) is 8.56. The van der Waals surface area contributed by atoms with E-state index in [2.05, 4.69) is 29.2 Å². The van der Waals surface area contributed by atoms with Crippen molar-refractivity contribution in [1.29, 1.82) is 0 Å². The maximum absolute atomic E-state index is 10.8. The average molecular weight is 437 g/mol. The fourth-order valence-electron chi connectivity index (χ4n) is 5.38. The molecule has 2 bridgehead atoms. The van der Waals surface area contributed by atoms with Crippen LogP contribution < -0.4 is 9.47 Å². The quantitative estimate of drug-likeness (QED) is 0.473. The van der Waals surface area contributed by atoms with Gasteiger partial charge in [0.05, 0.1) is 17.5 Å². The molecule has 162 valence electrons. The van der Waals surface area contributed by atoms with Crippen molar-refractivity contribution in [3.05, 3.63) is 53.7 Å². The molecule has 2 aliphatic rings. The van der Waals surface area contributed by atoms with E-state index in [1.807, 2.05) is 18.2 Å². The molecule has 2 atom stereocenters. The molecular weight excluding hydrogens is 408 g/mol. The number of hydrogen-bond acceptors (Lipinski definition) is 6. The minimum absolute atomic E-state index is 0.392. The lowest BCUT2D eigenvalue weighted by Gasteiger charge is -2.38. The van der Waals surface area contributed by atoms with Gasteiger partial charge in [0.1, 0.15) is 12.9 Å². The number of piperidine rings is 1. The van der Waals surface area contributed by atoms with Crippen LogP contribution in [0.1, 0.15) is 42.9 Å². The lowest BCUT2D eigenvalue weighted by molar-refractivity contribution is -0.107. The van der Waals surface area contributed by atoms with Crippen molar-refractivity contribution in [2.75, 3.05) is 20.3 Å². The van der Waals surface area contributed by atoms with Gasteiger partial charge in [0, 0.05) is 36.4 Å². The van der Waals surface area contributed by atoms with Gasteiger partial charge in [0.15, 0.2) is 11.5 Å². The molecule has 0 spiro atoms. The van der Waals surface area contributed by atoms with E-state index in [1.165, 1.54) is 41.5 Å². The smallest absolute Gasteiger partial charge is 0.161 e. The number of ether oxygens (including phenoxy) is 2. The van der Waals surface area contributed by atoms with E-state index in [0.29, 0.717) is 36.8 Å². The summed E-state index contributed by atoms with van der Waals surface area (Å²) in [5.41, 5.74) is 2.25. The SMILES string of the molecule is COc1cc(CC=O)ccc1OCCN1C2CCC1CC(c1nsc3ccccc13)C2. The molecule has 2 fully saturated rings. The van der Waals surface area contributed by atoms with E-state index < -0.39 is 0 Å². The molecule has 5 nitrogen and oxygen atoms in total. The van der Waals surface area contributed by atoms with E-state index in [9.17, 15) is 4.79 Å². The zero-order valence-electron chi connectivity index (χ0n) is 17.8. The third-order valence-electron chi connectivity index (χ3n) is 6.83. The number of fused-ring (bicyclic) bond motifs is 3. The first-order valence-corrected chi connectivity index (χ1v) is 11.9. The Labute approximate surface area is 187 Å². The van der Waals surface area contributed by atoms with Crippen molar-refractivity contribution in [1.82, 2.24) is 9.27 Å². The zero-order valence-corrected chi connectivity index (χ0v) is 18.6. The summed E-state index contributed by atoms with van der Waals surface area (Å²) >= 11 is 1.64. The summed E-state index contributed by atoms with van der Waals surface area (Å²) in [7, 11) is 1.64. The van der Waals surface area contributed by atoms with Gasteiger partial charge in [0.25, 0.3) is 0 Å². The standard InChI is InChI=1S/C25H28N2O3S/c1-29-23-14-17(10-12-28)6-9-22(23)30-13-11-27-19-7-8-20(27)16-18(15-19)25-21-4-2-3-5-24(21)31-26-25/h2-6,9,12,14,18-20H,7-8,10-11,13,15-16H2,1H3. The normalized spacial score (nSPS) is 23.2. The number of carbonyl (C=O) groups is 1. The molecular formula is C25H28N2O3S. The Morgan fingerprint density at radius 3 is 2.71 bits per heavy atom. The molecule has 0 N–H and O–H groups in total. The summed E-state index contributed by atoms with van der Waals surface area (Å²) < 4.78 is 17.7. The highest BCUT2D eigenvalue weighted by molar-refractivity contribution is 7.13. The van der Waals surface area contributed by atoms with Crippen LogP contribution in [0.3, 0.4) is 0 Å². The molecule has 2 aliphatic heterocycles. The largest absolute Gasteiger partial charge is 0.493 e. The Morgan fingerprint density at radius 1 is 1.13 bits per heavy atom. The monoisotopic (exact) mass is 436 g/mol. The number of aldehydes is 1. The van der Waals surface area contributed by atoms with Gasteiger partial charge in [0.2, 0.25) is 0 Å². The minimum atomic E-state index is 0.392. The van der Waals surface area contributed by atoms with Gasteiger partial charge < -0.3 is 14.3 Å². The number of hydrogen-bond donors (Lipinski definition) is 0. The number of carbonyl (C=O) groups excluding carboxylic acids is 1. The van der Waals surface area contributed by atoms with Crippen LogP contribution in [0.2, 0.25) is 0 Å². The molecule has 2 unspecified atom stereocenters. The summed E-state index contributed by atoms with van der Waals surface area (Å²) in [4.78, 5) is 13.4. The second-order valence-corrected chi connectivity index (χ2v) is 9.36. The zero-order chi connectivity index (χ0) is 21.2. The fourth-order valence-corrected chi connectivity index (χ4v) is 6.23. The Bertz CT molecular complexity index is 1050. The summed E-state index contributed by atoms with van der Waals surface area (Å²) in [6.07, 6.45) is 6.22. The summed E-state index contributed by atoms with van der Waals surface area (Å²) in [5, 5.41) is 1.35. The minimum Gasteiger partial charge on any atom is -0.493 e. The van der Waals surface area contributed by atoms with Crippen LogP contribution in [0.5, 0.6) is 11.5 Å². The lowest BCUT2D eigenvalue weighted by atomic mass is 9.87. The predicted octanol–water partition coefficient (Wildman–Crippen LogP) is 4.84. The van der Waals surface area contributed by atoms with E-state index in [1.54, 1.807) is 18.6 Å². The number of aromatic nitrogens is 1. The van der Waals surface area contributed by atoms with Crippen molar-refractivity contribution in [2.24, 2.45) is 0 Å². The van der Waals surface area contributed by atoms with Crippen LogP contribution in [0, 0.1) is 0 Å². The first-order chi connectivity index (χ1) is 15.3. The Hall–Kier alpha value is -2.44. The number of nitrogens with zero attached hydrogens (tertiary/aromatic N) is 2. The van der Waals surface area contributed by atoms with Crippen molar-refractivity contribution >= 4 is 27.9 Å². The van der Waals surface area contributed by atoms with Gasteiger partial charge in [-0.3, -0.25) is 4.90 Å². The first-order valence-electron chi connectivity index (χ1n) is 11.1. The molecule has 3 heterocycles. The molecule has 6 heteroatoms. The molecule has 0 aliphatic carbocycles. The highest BCUT2D eigenvalue weighted by Crippen LogP contribution is 2.44. The molecule has 1 aromatic heterocycles. The van der Waals surface area contributed by atoms with Crippen molar-refractivity contribution in [2.45, 2.75) is 50.1 Å². The number of benzene rings is 2. The molecule has 5 rings (SSSR count). The van der Waals surface area contributed by atoms with Crippen molar-refractivity contribution in [3.63, 3.8) is 0 Å². The van der Waals surface area contributed by atoms with E-state index in [-0.39, 0.29) is 0 Å². The fraction of sp³-hybridized carbons (Fsp3) is 0.440. The number of rotatable bonds is 8. The van der Waals surface area contributed by atoms with E-state index in [0.717, 1.165) is 24.1 Å². The summed E-state index contributed by atoms with van der Waals surface area (Å²) in [5.74, 6) is 2.00. The average Bonchev–Trinajstić information content (AvgIpc) is 3.32. The van der Waals surface area contributed by atoms with E-state index in [4.69, 9.17) is 13.8 Å². The molecule has 3 aromatic rings. The topological polar surface area (TPSA) is 51.7 Å². The third kappa shape index (κ3) is 4.06. The Balaban J connectivity index is 1.21. The van der Waals surface area contributed by atoms with Gasteiger partial charge in [-0.2, -0.15) is 4.37 Å². The van der Waals surface area contributed by atoms with Crippen LogP contribution in [0.25, 0.3) is 10.1 Å². The summed E-state index contributed by atoms with van der Waals surface area (Å²) in [6.45, 7) is 1.57. The van der Waals surface area contributed by atoms with Crippen LogP contribution in [-0.2, 0) is 11.2 Å². The van der Waals surface area contributed by atoms with Crippen molar-refractivity contribution < 1.29 is 14.3 Å². The van der Waals surface area contributed by atoms with Gasteiger partial charge in [-0.15, -0.1) is 0 Å². The Morgan fingerprint density at radius 2 is 1.94 bits per heavy atom. The van der Waals surface area contributed by atoms with Crippen molar-refractivity contribution in [3.8, 4) is 11.5 Å². The van der Waals surface area contributed by atoms with Crippen LogP contribution in [0.15, 0.2) is 42.5 Å². The maximum Gasteiger partial charge on any atom is 0.161 e. The number of methoxy groups -OCH3 is 1. The summed E-state index contributed by atoms with van der Waals surface area (Å²) in [6, 6.07) is 15.6. The molecule has 31 heavy (non-hydrogen) atoms. The van der Waals surface area contributed by atoms with E-state index >= 15 is 0 Å². The van der Waals surface area contributed by atoms with Gasteiger partial charge in [-0.1, -0.05) is 24.3 Å². The molecule has 2 aromatic carbocycles. The highest BCUT2D eigenvalue weighted by atomic mass is 32.1. The first kappa shape index (κ1) is 20.5. The highest BCUT2D eigenvalue weighted by Gasteiger charge is 2.41. The molecule has 0 amide bonds. The third-order valence-corrected chi connectivity index (χ3v) is 7.67. The van der Waals surface area contributed by atoms with Gasteiger partial charge in [-0.05, 0) is 61.0 Å². The molecule has 2 saturated heterocycles. The second kappa shape index (κ2) is 8.97. The molecule has 0 radical (unpaired) electrons. The molecule has 0 saturated carbocycles. The predicted molar refractivity (Wildman–Crippen MR) is 123 cm³/mol. The van der Waals surface area contributed by atoms with Crippen LogP contribution in [-0.4, -0.2) is 47.9 Å². The Kier molecular flexibility index (Phi) is 5.92. The van der Waals surface area contributed by atoms with Crippen LogP contribution >= 0.6 is 11.5 Å². The van der Waals surface area contributed by atoms with Crippen LogP contribution in [0.4, 0.5) is 0 Å².